The third-order valence-corrected chi connectivity index (χ3v) is 4.34. The number of halogens is 1. The smallest absolute Gasteiger partial charge is 0.125 e. The second kappa shape index (κ2) is 5.14. The number of benzene rings is 1. The van der Waals surface area contributed by atoms with E-state index in [1.165, 1.54) is 6.07 Å². The van der Waals surface area contributed by atoms with Gasteiger partial charge in [-0.05, 0) is 38.0 Å². The van der Waals surface area contributed by atoms with Crippen molar-refractivity contribution in [3.8, 4) is 0 Å². The van der Waals surface area contributed by atoms with Crippen molar-refractivity contribution >= 4 is 11.0 Å². The molecular weight excluding hydrogens is 257 g/mol. The topological polar surface area (TPSA) is 53.1 Å². The molecule has 1 saturated heterocycles. The number of imidazole rings is 1. The van der Waals surface area contributed by atoms with Crippen molar-refractivity contribution in [2.24, 2.45) is 5.73 Å². The Balaban J connectivity index is 2.19. The number of aryl methyl sites for hydroxylation is 1. The molecule has 1 aromatic carbocycles. The van der Waals surface area contributed by atoms with Crippen molar-refractivity contribution in [3.63, 3.8) is 0 Å². The van der Waals surface area contributed by atoms with Crippen LogP contribution in [-0.4, -0.2) is 29.3 Å². The van der Waals surface area contributed by atoms with Crippen LogP contribution in [0.1, 0.15) is 25.6 Å². The second-order valence-electron chi connectivity index (χ2n) is 5.41. The number of rotatable bonds is 3. The van der Waals surface area contributed by atoms with Crippen LogP contribution in [0, 0.1) is 5.82 Å². The molecule has 3 rings (SSSR count). The number of hydrogen-bond donors (Lipinski definition) is 1. The van der Waals surface area contributed by atoms with Crippen LogP contribution in [0.4, 0.5) is 4.39 Å². The molecule has 0 aliphatic carbocycles. The van der Waals surface area contributed by atoms with Gasteiger partial charge in [0, 0.05) is 31.7 Å². The van der Waals surface area contributed by atoms with E-state index in [1.54, 1.807) is 12.1 Å². The molecule has 1 aliphatic heterocycles. The molecule has 0 amide bonds. The Bertz CT molecular complexity index is 617. The van der Waals surface area contributed by atoms with E-state index >= 15 is 0 Å². The molecule has 0 spiro atoms. The molecule has 4 nitrogen and oxygen atoms in total. The van der Waals surface area contributed by atoms with Gasteiger partial charge in [0.2, 0.25) is 0 Å². The Morgan fingerprint density at radius 3 is 2.80 bits per heavy atom. The average molecular weight is 277 g/mol. The van der Waals surface area contributed by atoms with Crippen molar-refractivity contribution in [1.29, 1.82) is 0 Å². The monoisotopic (exact) mass is 277 g/mol. The zero-order valence-electron chi connectivity index (χ0n) is 11.7. The second-order valence-corrected chi connectivity index (χ2v) is 5.41. The third-order valence-electron chi connectivity index (χ3n) is 4.34. The van der Waals surface area contributed by atoms with Gasteiger partial charge in [-0.25, -0.2) is 9.37 Å². The highest BCUT2D eigenvalue weighted by Gasteiger charge is 2.37. The van der Waals surface area contributed by atoms with Crippen LogP contribution in [0.15, 0.2) is 18.2 Å². The molecule has 20 heavy (non-hydrogen) atoms. The fourth-order valence-electron chi connectivity index (χ4n) is 3.10. The van der Waals surface area contributed by atoms with E-state index in [4.69, 9.17) is 15.5 Å². The van der Waals surface area contributed by atoms with Crippen molar-refractivity contribution < 1.29 is 9.13 Å². The molecule has 2 N–H and O–H groups in total. The molecule has 2 aromatic rings. The minimum absolute atomic E-state index is 0.149. The van der Waals surface area contributed by atoms with Gasteiger partial charge in [0.1, 0.15) is 11.6 Å². The van der Waals surface area contributed by atoms with Gasteiger partial charge in [0.05, 0.1) is 11.0 Å². The molecule has 0 saturated carbocycles. The molecule has 1 aromatic heterocycles. The quantitative estimate of drug-likeness (QED) is 0.935. The summed E-state index contributed by atoms with van der Waals surface area (Å²) < 4.78 is 21.1. The van der Waals surface area contributed by atoms with Gasteiger partial charge >= 0.3 is 0 Å². The number of nitrogens with two attached hydrogens (primary N) is 1. The number of fused-ring (bicyclic) bond motifs is 1. The predicted octanol–water partition coefficient (Wildman–Crippen LogP) is 2.20. The number of ether oxygens (including phenoxy) is 1. The molecule has 0 bridgehead atoms. The highest BCUT2D eigenvalue weighted by molar-refractivity contribution is 5.76. The van der Waals surface area contributed by atoms with Crippen molar-refractivity contribution in [2.45, 2.75) is 31.7 Å². The van der Waals surface area contributed by atoms with Gasteiger partial charge in [-0.3, -0.25) is 0 Å². The summed E-state index contributed by atoms with van der Waals surface area (Å²) in [7, 11) is 0. The van der Waals surface area contributed by atoms with Crippen LogP contribution in [0.5, 0.6) is 0 Å². The van der Waals surface area contributed by atoms with Gasteiger partial charge in [-0.1, -0.05) is 0 Å². The fraction of sp³-hybridized carbons (Fsp3) is 0.533. The number of nitrogens with zero attached hydrogens (tertiary/aromatic N) is 2. The van der Waals surface area contributed by atoms with Crippen molar-refractivity contribution in [2.75, 3.05) is 19.8 Å². The Labute approximate surface area is 117 Å². The number of aromatic nitrogens is 2. The summed E-state index contributed by atoms with van der Waals surface area (Å²) in [6, 6.07) is 4.75. The SMILES string of the molecule is CCn1c(C2(CN)CCOCC2)nc2ccc(F)cc21. The summed E-state index contributed by atoms with van der Waals surface area (Å²) in [5, 5.41) is 0. The van der Waals surface area contributed by atoms with Gasteiger partial charge in [0.25, 0.3) is 0 Å². The Morgan fingerprint density at radius 2 is 2.15 bits per heavy atom. The minimum atomic E-state index is -0.229. The lowest BCUT2D eigenvalue weighted by molar-refractivity contribution is 0.0489. The highest BCUT2D eigenvalue weighted by Crippen LogP contribution is 2.35. The summed E-state index contributed by atoms with van der Waals surface area (Å²) in [4.78, 5) is 4.75. The van der Waals surface area contributed by atoms with Crippen LogP contribution in [0.25, 0.3) is 11.0 Å². The first-order valence-corrected chi connectivity index (χ1v) is 7.14. The lowest BCUT2D eigenvalue weighted by Crippen LogP contribution is -2.42. The maximum atomic E-state index is 13.5. The first-order valence-electron chi connectivity index (χ1n) is 7.14. The van der Waals surface area contributed by atoms with Crippen LogP contribution in [0.2, 0.25) is 0 Å². The molecule has 2 heterocycles. The molecule has 1 aliphatic rings. The first kappa shape index (κ1) is 13.5. The van der Waals surface area contributed by atoms with Crippen LogP contribution in [-0.2, 0) is 16.7 Å². The van der Waals surface area contributed by atoms with E-state index in [1.807, 2.05) is 0 Å². The van der Waals surface area contributed by atoms with Crippen molar-refractivity contribution in [1.82, 2.24) is 9.55 Å². The van der Waals surface area contributed by atoms with Crippen molar-refractivity contribution in [3.05, 3.63) is 29.8 Å². The van der Waals surface area contributed by atoms with E-state index in [2.05, 4.69) is 11.5 Å². The minimum Gasteiger partial charge on any atom is -0.381 e. The third kappa shape index (κ3) is 2.01. The largest absolute Gasteiger partial charge is 0.381 e. The summed E-state index contributed by atoms with van der Waals surface area (Å²) in [5.74, 6) is 0.749. The number of hydrogen-bond acceptors (Lipinski definition) is 3. The van der Waals surface area contributed by atoms with Gasteiger partial charge in [-0.15, -0.1) is 0 Å². The zero-order valence-corrected chi connectivity index (χ0v) is 11.7. The maximum absolute atomic E-state index is 13.5. The van der Waals surface area contributed by atoms with Gasteiger partial charge < -0.3 is 15.0 Å². The Kier molecular flexibility index (Phi) is 3.48. The zero-order chi connectivity index (χ0) is 14.2. The molecule has 1 fully saturated rings. The first-order chi connectivity index (χ1) is 9.70. The molecule has 5 heteroatoms. The molecule has 0 unspecified atom stereocenters. The van der Waals surface area contributed by atoms with Crippen LogP contribution < -0.4 is 5.73 Å². The maximum Gasteiger partial charge on any atom is 0.125 e. The van der Waals surface area contributed by atoms with Crippen LogP contribution >= 0.6 is 0 Å². The Morgan fingerprint density at radius 1 is 1.40 bits per heavy atom. The molecule has 108 valence electrons. The summed E-state index contributed by atoms with van der Waals surface area (Å²) in [6.45, 7) is 4.77. The molecule has 0 radical (unpaired) electrons. The average Bonchev–Trinajstić information content (AvgIpc) is 2.86. The van der Waals surface area contributed by atoms with Gasteiger partial charge in [-0.2, -0.15) is 0 Å². The highest BCUT2D eigenvalue weighted by atomic mass is 19.1. The predicted molar refractivity (Wildman–Crippen MR) is 76.2 cm³/mol. The lowest BCUT2D eigenvalue weighted by Gasteiger charge is -2.35. The fourth-order valence-corrected chi connectivity index (χ4v) is 3.10. The summed E-state index contributed by atoms with van der Waals surface area (Å²) in [6.07, 6.45) is 1.74. The molecule has 0 atom stereocenters. The Hall–Kier alpha value is -1.46. The van der Waals surface area contributed by atoms with E-state index in [-0.39, 0.29) is 11.2 Å². The van der Waals surface area contributed by atoms with Gasteiger partial charge in [0.15, 0.2) is 0 Å². The lowest BCUT2D eigenvalue weighted by atomic mass is 9.79. The standard InChI is InChI=1S/C15H20FN3O/c1-2-19-13-9-11(16)3-4-12(13)18-14(19)15(10-17)5-7-20-8-6-15/h3-4,9H,2,5-8,10,17H2,1H3. The van der Waals surface area contributed by atoms with E-state index < -0.39 is 0 Å². The molecular formula is C15H20FN3O. The normalized spacial score (nSPS) is 18.6. The van der Waals surface area contributed by atoms with E-state index in [0.717, 1.165) is 36.2 Å². The van der Waals surface area contributed by atoms with E-state index in [9.17, 15) is 4.39 Å². The summed E-state index contributed by atoms with van der Waals surface area (Å²) >= 11 is 0. The van der Waals surface area contributed by atoms with E-state index in [0.29, 0.717) is 19.8 Å². The van der Waals surface area contributed by atoms with Crippen LogP contribution in [0.3, 0.4) is 0 Å². The summed E-state index contributed by atoms with van der Waals surface area (Å²) in [5.41, 5.74) is 7.60.